The van der Waals surface area contributed by atoms with Gasteiger partial charge in [0.15, 0.2) is 0 Å². The highest BCUT2D eigenvalue weighted by Crippen LogP contribution is 2.06. The number of aryl methyl sites for hydroxylation is 2. The van der Waals surface area contributed by atoms with Crippen LogP contribution in [0.2, 0.25) is 0 Å². The van der Waals surface area contributed by atoms with Gasteiger partial charge in [-0.3, -0.25) is 9.59 Å². The number of nitrogens with zero attached hydrogens (tertiary/aromatic N) is 2. The summed E-state index contributed by atoms with van der Waals surface area (Å²) in [6.45, 7) is 5.23. The monoisotopic (exact) mass is 253 g/mol. The standard InChI is InChI=1S/C12H19N3O3/c1-7(5-6-16)13-11(17)10-8(2)9(3)14-15(4)12(10)18/h7,16H,5-6H2,1-4H3,(H,13,17). The molecule has 1 unspecified atom stereocenters. The largest absolute Gasteiger partial charge is 0.396 e. The molecule has 1 atom stereocenters. The molecule has 0 aromatic carbocycles. The van der Waals surface area contributed by atoms with Gasteiger partial charge in [0.05, 0.1) is 5.69 Å². The topological polar surface area (TPSA) is 84.2 Å². The lowest BCUT2D eigenvalue weighted by Crippen LogP contribution is -2.39. The van der Waals surface area contributed by atoms with E-state index in [-0.39, 0.29) is 18.2 Å². The fraction of sp³-hybridized carbons (Fsp3) is 0.583. The van der Waals surface area contributed by atoms with Gasteiger partial charge in [0.2, 0.25) is 0 Å². The van der Waals surface area contributed by atoms with Gasteiger partial charge in [0.25, 0.3) is 11.5 Å². The number of hydrogen-bond donors (Lipinski definition) is 2. The SMILES string of the molecule is Cc1nn(C)c(=O)c(C(=O)NC(C)CCO)c1C. The zero-order valence-corrected chi connectivity index (χ0v) is 11.1. The second kappa shape index (κ2) is 5.77. The number of hydrogen-bond acceptors (Lipinski definition) is 4. The molecule has 0 spiro atoms. The van der Waals surface area contributed by atoms with Crippen molar-refractivity contribution in [1.29, 1.82) is 0 Å². The molecule has 0 radical (unpaired) electrons. The summed E-state index contributed by atoms with van der Waals surface area (Å²) >= 11 is 0. The molecular weight excluding hydrogens is 234 g/mol. The molecule has 2 N–H and O–H groups in total. The summed E-state index contributed by atoms with van der Waals surface area (Å²) in [7, 11) is 1.52. The normalized spacial score (nSPS) is 12.3. The fourth-order valence-electron chi connectivity index (χ4n) is 1.68. The van der Waals surface area contributed by atoms with E-state index in [1.54, 1.807) is 20.8 Å². The predicted octanol–water partition coefficient (Wildman–Crippen LogP) is -0.102. The number of aliphatic hydroxyl groups excluding tert-OH is 1. The third-order valence-electron chi connectivity index (χ3n) is 2.89. The molecule has 0 bridgehead atoms. The lowest BCUT2D eigenvalue weighted by Gasteiger charge is -2.14. The molecule has 0 saturated carbocycles. The molecule has 1 aromatic heterocycles. The van der Waals surface area contributed by atoms with Gasteiger partial charge in [-0.2, -0.15) is 5.10 Å². The van der Waals surface area contributed by atoms with Crippen LogP contribution in [0.25, 0.3) is 0 Å². The fourth-order valence-corrected chi connectivity index (χ4v) is 1.68. The number of aliphatic hydroxyl groups is 1. The molecule has 1 amide bonds. The van der Waals surface area contributed by atoms with Gasteiger partial charge in [-0.15, -0.1) is 0 Å². The Balaban J connectivity index is 3.10. The van der Waals surface area contributed by atoms with E-state index in [0.29, 0.717) is 17.7 Å². The van der Waals surface area contributed by atoms with Crippen molar-refractivity contribution in [1.82, 2.24) is 15.1 Å². The van der Waals surface area contributed by atoms with Crippen LogP contribution in [0.1, 0.15) is 35.0 Å². The van der Waals surface area contributed by atoms with Crippen LogP contribution in [0.15, 0.2) is 4.79 Å². The van der Waals surface area contributed by atoms with Crippen LogP contribution in [0.5, 0.6) is 0 Å². The zero-order chi connectivity index (χ0) is 13.9. The number of carbonyl (C=O) groups is 1. The Hall–Kier alpha value is -1.69. The van der Waals surface area contributed by atoms with Crippen molar-refractivity contribution >= 4 is 5.91 Å². The molecular formula is C12H19N3O3. The molecule has 6 heteroatoms. The molecule has 0 fully saturated rings. The van der Waals surface area contributed by atoms with Crippen LogP contribution in [0.4, 0.5) is 0 Å². The summed E-state index contributed by atoms with van der Waals surface area (Å²) in [5.74, 6) is -0.417. The highest BCUT2D eigenvalue weighted by Gasteiger charge is 2.19. The summed E-state index contributed by atoms with van der Waals surface area (Å²) in [5, 5.41) is 15.5. The van der Waals surface area contributed by atoms with E-state index in [2.05, 4.69) is 10.4 Å². The van der Waals surface area contributed by atoms with Crippen molar-refractivity contribution in [2.75, 3.05) is 6.61 Å². The van der Waals surface area contributed by atoms with E-state index in [1.165, 1.54) is 7.05 Å². The van der Waals surface area contributed by atoms with Gasteiger partial charge in [0.1, 0.15) is 5.56 Å². The third-order valence-corrected chi connectivity index (χ3v) is 2.89. The number of aromatic nitrogens is 2. The second-order valence-electron chi connectivity index (χ2n) is 4.40. The number of carbonyl (C=O) groups excluding carboxylic acids is 1. The number of nitrogens with one attached hydrogen (secondary N) is 1. The summed E-state index contributed by atoms with van der Waals surface area (Å²) in [6, 6.07) is -0.180. The highest BCUT2D eigenvalue weighted by atomic mass is 16.3. The minimum Gasteiger partial charge on any atom is -0.396 e. The highest BCUT2D eigenvalue weighted by molar-refractivity contribution is 5.95. The van der Waals surface area contributed by atoms with Gasteiger partial charge in [-0.05, 0) is 32.8 Å². The number of rotatable bonds is 4. The summed E-state index contributed by atoms with van der Waals surface area (Å²) in [5.41, 5.74) is 0.949. The maximum atomic E-state index is 12.0. The van der Waals surface area contributed by atoms with Crippen LogP contribution >= 0.6 is 0 Å². The molecule has 6 nitrogen and oxygen atoms in total. The molecule has 0 saturated heterocycles. The van der Waals surface area contributed by atoms with Crippen LogP contribution < -0.4 is 10.9 Å². The predicted molar refractivity (Wildman–Crippen MR) is 67.6 cm³/mol. The average Bonchev–Trinajstić information content (AvgIpc) is 2.27. The Morgan fingerprint density at radius 2 is 2.11 bits per heavy atom. The Morgan fingerprint density at radius 3 is 2.67 bits per heavy atom. The molecule has 1 aromatic rings. The van der Waals surface area contributed by atoms with Gasteiger partial charge in [-0.25, -0.2) is 4.68 Å². The van der Waals surface area contributed by atoms with Crippen molar-refractivity contribution < 1.29 is 9.90 Å². The Kier molecular flexibility index (Phi) is 4.61. The minimum atomic E-state index is -0.417. The molecule has 0 aliphatic heterocycles. The lowest BCUT2D eigenvalue weighted by atomic mass is 10.1. The molecule has 1 heterocycles. The maximum Gasteiger partial charge on any atom is 0.279 e. The Morgan fingerprint density at radius 1 is 1.50 bits per heavy atom. The maximum absolute atomic E-state index is 12.0. The zero-order valence-electron chi connectivity index (χ0n) is 11.1. The van der Waals surface area contributed by atoms with Crippen molar-refractivity contribution in [2.24, 2.45) is 7.05 Å². The summed E-state index contributed by atoms with van der Waals surface area (Å²) in [6.07, 6.45) is 0.454. The van der Waals surface area contributed by atoms with Crippen LogP contribution in [0.3, 0.4) is 0 Å². The van der Waals surface area contributed by atoms with Crippen LogP contribution in [0, 0.1) is 13.8 Å². The van der Waals surface area contributed by atoms with Crippen molar-refractivity contribution in [3.63, 3.8) is 0 Å². The van der Waals surface area contributed by atoms with E-state index in [1.807, 2.05) is 0 Å². The molecule has 100 valence electrons. The van der Waals surface area contributed by atoms with Crippen molar-refractivity contribution in [2.45, 2.75) is 33.2 Å². The van der Waals surface area contributed by atoms with Crippen molar-refractivity contribution in [3.05, 3.63) is 27.2 Å². The summed E-state index contributed by atoms with van der Waals surface area (Å²) in [4.78, 5) is 24.0. The van der Waals surface area contributed by atoms with Crippen molar-refractivity contribution in [3.8, 4) is 0 Å². The first-order valence-electron chi connectivity index (χ1n) is 5.84. The number of amides is 1. The molecule has 18 heavy (non-hydrogen) atoms. The first-order valence-corrected chi connectivity index (χ1v) is 5.84. The van der Waals surface area contributed by atoms with Gasteiger partial charge in [0, 0.05) is 19.7 Å². The molecule has 1 rings (SSSR count). The Labute approximate surface area is 106 Å². The second-order valence-corrected chi connectivity index (χ2v) is 4.40. The molecule has 0 aliphatic rings. The van der Waals surface area contributed by atoms with Gasteiger partial charge >= 0.3 is 0 Å². The van der Waals surface area contributed by atoms with Gasteiger partial charge in [-0.1, -0.05) is 0 Å². The Bertz CT molecular complexity index is 508. The lowest BCUT2D eigenvalue weighted by molar-refractivity contribution is 0.0931. The van der Waals surface area contributed by atoms with E-state index in [4.69, 9.17) is 5.11 Å². The van der Waals surface area contributed by atoms with E-state index in [0.717, 1.165) is 4.68 Å². The van der Waals surface area contributed by atoms with Crippen LogP contribution in [-0.2, 0) is 7.05 Å². The third kappa shape index (κ3) is 2.95. The van der Waals surface area contributed by atoms with E-state index >= 15 is 0 Å². The summed E-state index contributed by atoms with van der Waals surface area (Å²) < 4.78 is 1.16. The average molecular weight is 253 g/mol. The van der Waals surface area contributed by atoms with Gasteiger partial charge < -0.3 is 10.4 Å². The minimum absolute atomic E-state index is 0.00614. The van der Waals surface area contributed by atoms with E-state index < -0.39 is 11.5 Å². The van der Waals surface area contributed by atoms with E-state index in [9.17, 15) is 9.59 Å². The smallest absolute Gasteiger partial charge is 0.279 e. The first kappa shape index (κ1) is 14.4. The first-order chi connectivity index (χ1) is 8.38. The van der Waals surface area contributed by atoms with Crippen LogP contribution in [-0.4, -0.2) is 33.4 Å². The quantitative estimate of drug-likeness (QED) is 0.784. The molecule has 0 aliphatic carbocycles.